The van der Waals surface area contributed by atoms with E-state index in [1.54, 1.807) is 0 Å². The zero-order chi connectivity index (χ0) is 23.7. The van der Waals surface area contributed by atoms with Gasteiger partial charge in [0.1, 0.15) is 24.5 Å². The molecule has 0 spiro atoms. The fraction of sp³-hybridized carbons (Fsp3) is 0.370. The Balaban J connectivity index is 1.53. The number of nitrogen functional groups attached to an aromatic ring is 1. The summed E-state index contributed by atoms with van der Waals surface area (Å²) in [4.78, 5) is 14.7. The van der Waals surface area contributed by atoms with E-state index in [-0.39, 0.29) is 12.1 Å². The van der Waals surface area contributed by atoms with Gasteiger partial charge in [0.05, 0.1) is 17.5 Å². The van der Waals surface area contributed by atoms with Gasteiger partial charge in [0.2, 0.25) is 0 Å². The van der Waals surface area contributed by atoms with Gasteiger partial charge in [0, 0.05) is 28.1 Å². The Labute approximate surface area is 200 Å². The highest BCUT2D eigenvalue weighted by Gasteiger charge is 2.41. The normalized spacial score (nSPS) is 22.0. The van der Waals surface area contributed by atoms with Crippen molar-refractivity contribution >= 4 is 11.5 Å². The maximum Gasteiger partial charge on any atom is 0.142 e. The molecule has 0 atom stereocenters. The minimum Gasteiger partial charge on any atom is -0.490 e. The molecule has 0 aliphatic heterocycles. The number of aromatic nitrogens is 2. The van der Waals surface area contributed by atoms with Gasteiger partial charge in [-0.05, 0) is 63.3 Å². The van der Waals surface area contributed by atoms with Crippen molar-refractivity contribution in [3.8, 4) is 17.0 Å². The second-order valence-corrected chi connectivity index (χ2v) is 9.67. The van der Waals surface area contributed by atoms with E-state index >= 15 is 0 Å². The second kappa shape index (κ2) is 9.06. The van der Waals surface area contributed by atoms with Crippen molar-refractivity contribution in [2.24, 2.45) is 10.9 Å². The van der Waals surface area contributed by atoms with E-state index in [0.29, 0.717) is 12.4 Å². The molecule has 1 fully saturated rings. The summed E-state index contributed by atoms with van der Waals surface area (Å²) in [5.74, 6) is 1.27. The van der Waals surface area contributed by atoms with Gasteiger partial charge < -0.3 is 21.0 Å². The molecule has 2 aliphatic carbocycles. The van der Waals surface area contributed by atoms with Crippen molar-refractivity contribution in [3.63, 3.8) is 0 Å². The number of oxime groups is 1. The third-order valence-corrected chi connectivity index (χ3v) is 6.85. The molecule has 3 aromatic rings. The molecule has 7 nitrogen and oxygen atoms in total. The number of nitrogens with two attached hydrogens (primary N) is 2. The van der Waals surface area contributed by atoms with Gasteiger partial charge in [-0.2, -0.15) is 0 Å². The fourth-order valence-electron chi connectivity index (χ4n) is 4.98. The van der Waals surface area contributed by atoms with Crippen LogP contribution in [-0.4, -0.2) is 27.8 Å². The first-order valence-electron chi connectivity index (χ1n) is 11.9. The molecule has 4 N–H and O–H groups in total. The Bertz CT molecular complexity index is 1200. The van der Waals surface area contributed by atoms with Crippen molar-refractivity contribution < 1.29 is 9.57 Å². The van der Waals surface area contributed by atoms with Crippen molar-refractivity contribution in [3.05, 3.63) is 71.5 Å². The third kappa shape index (κ3) is 4.23. The maximum atomic E-state index is 6.36. The SMILES string of the molecule is CC1(C)/C(=N/OCc2ccccc2)c2cc(O[C@H]3CC[C@H](N)CC3)ccc2-c2ncnc(N)c21. The van der Waals surface area contributed by atoms with Gasteiger partial charge >= 0.3 is 0 Å². The Kier molecular flexibility index (Phi) is 5.96. The molecule has 1 aromatic heterocycles. The monoisotopic (exact) mass is 457 g/mol. The van der Waals surface area contributed by atoms with E-state index < -0.39 is 5.41 Å². The van der Waals surface area contributed by atoms with E-state index in [1.807, 2.05) is 42.5 Å². The number of hydrogen-bond donors (Lipinski definition) is 2. The van der Waals surface area contributed by atoms with Crippen LogP contribution in [0.4, 0.5) is 5.82 Å². The zero-order valence-corrected chi connectivity index (χ0v) is 19.7. The Morgan fingerprint density at radius 1 is 1.00 bits per heavy atom. The largest absolute Gasteiger partial charge is 0.490 e. The minimum atomic E-state index is -0.555. The summed E-state index contributed by atoms with van der Waals surface area (Å²) in [6.45, 7) is 4.53. The van der Waals surface area contributed by atoms with Gasteiger partial charge in [0.25, 0.3) is 0 Å². The van der Waals surface area contributed by atoms with Gasteiger partial charge in [-0.25, -0.2) is 9.97 Å². The Morgan fingerprint density at radius 3 is 2.53 bits per heavy atom. The number of anilines is 1. The van der Waals surface area contributed by atoms with Crippen LogP contribution in [0, 0.1) is 0 Å². The number of ether oxygens (including phenoxy) is 1. The van der Waals surface area contributed by atoms with E-state index in [2.05, 4.69) is 35.0 Å². The second-order valence-electron chi connectivity index (χ2n) is 9.67. The van der Waals surface area contributed by atoms with E-state index in [0.717, 1.165) is 65.1 Å². The topological polar surface area (TPSA) is 109 Å². The lowest BCUT2D eigenvalue weighted by Gasteiger charge is -2.35. The Morgan fingerprint density at radius 2 is 1.76 bits per heavy atom. The molecule has 0 bridgehead atoms. The molecule has 1 saturated carbocycles. The standard InChI is InChI=1S/C27H31N5O2/c1-27(2)23-24(30-16-31-26(23)29)21-13-12-20(34-19-10-8-18(28)9-11-19)14-22(21)25(27)32-33-15-17-6-4-3-5-7-17/h3-7,12-14,16,18-19H,8-11,15,28H2,1-2H3,(H2,29,30,31)/b32-25+/t18-,19-. The fourth-order valence-corrected chi connectivity index (χ4v) is 4.98. The van der Waals surface area contributed by atoms with Crippen molar-refractivity contribution in [2.75, 3.05) is 5.73 Å². The zero-order valence-electron chi connectivity index (χ0n) is 19.7. The molecule has 0 amide bonds. The average molecular weight is 458 g/mol. The number of fused-ring (bicyclic) bond motifs is 3. The number of rotatable bonds is 5. The van der Waals surface area contributed by atoms with Crippen molar-refractivity contribution in [1.29, 1.82) is 0 Å². The molecular formula is C27H31N5O2. The highest BCUT2D eigenvalue weighted by atomic mass is 16.6. The summed E-state index contributed by atoms with van der Waals surface area (Å²) in [7, 11) is 0. The van der Waals surface area contributed by atoms with Crippen LogP contribution in [0.5, 0.6) is 5.75 Å². The Hall–Kier alpha value is -3.45. The van der Waals surface area contributed by atoms with Crippen LogP contribution in [-0.2, 0) is 16.9 Å². The molecule has 0 radical (unpaired) electrons. The van der Waals surface area contributed by atoms with Crippen LogP contribution in [0.1, 0.15) is 56.2 Å². The van der Waals surface area contributed by atoms with Crippen LogP contribution >= 0.6 is 0 Å². The molecule has 34 heavy (non-hydrogen) atoms. The summed E-state index contributed by atoms with van der Waals surface area (Å²) >= 11 is 0. The lowest BCUT2D eigenvalue weighted by Crippen LogP contribution is -2.36. The first-order chi connectivity index (χ1) is 16.4. The van der Waals surface area contributed by atoms with Crippen LogP contribution in [0.2, 0.25) is 0 Å². The minimum absolute atomic E-state index is 0.175. The molecule has 5 rings (SSSR count). The molecule has 1 heterocycles. The maximum absolute atomic E-state index is 6.36. The number of benzene rings is 2. The molecule has 0 saturated heterocycles. The van der Waals surface area contributed by atoms with Crippen molar-refractivity contribution in [2.45, 2.75) is 63.7 Å². The summed E-state index contributed by atoms with van der Waals surface area (Å²) in [5.41, 5.74) is 17.3. The van der Waals surface area contributed by atoms with Gasteiger partial charge in [-0.15, -0.1) is 0 Å². The third-order valence-electron chi connectivity index (χ3n) is 6.85. The molecular weight excluding hydrogens is 426 g/mol. The highest BCUT2D eigenvalue weighted by molar-refractivity contribution is 6.15. The smallest absolute Gasteiger partial charge is 0.142 e. The predicted octanol–water partition coefficient (Wildman–Crippen LogP) is 4.59. The van der Waals surface area contributed by atoms with Gasteiger partial charge in [-0.1, -0.05) is 35.5 Å². The van der Waals surface area contributed by atoms with Crippen LogP contribution in [0.25, 0.3) is 11.3 Å². The quantitative estimate of drug-likeness (QED) is 0.543. The lowest BCUT2D eigenvalue weighted by molar-refractivity contribution is 0.129. The lowest BCUT2D eigenvalue weighted by atomic mass is 9.70. The van der Waals surface area contributed by atoms with Crippen molar-refractivity contribution in [1.82, 2.24) is 9.97 Å². The highest BCUT2D eigenvalue weighted by Crippen LogP contribution is 2.45. The number of nitrogens with zero attached hydrogens (tertiary/aromatic N) is 3. The number of hydrogen-bond acceptors (Lipinski definition) is 7. The summed E-state index contributed by atoms with van der Waals surface area (Å²) < 4.78 is 6.36. The van der Waals surface area contributed by atoms with E-state index in [1.165, 1.54) is 6.33 Å². The van der Waals surface area contributed by atoms with Gasteiger partial charge in [-0.3, -0.25) is 0 Å². The molecule has 2 aromatic carbocycles. The molecule has 2 aliphatic rings. The summed E-state index contributed by atoms with van der Waals surface area (Å²) in [6, 6.07) is 16.4. The van der Waals surface area contributed by atoms with Gasteiger partial charge in [0.15, 0.2) is 0 Å². The first-order valence-corrected chi connectivity index (χ1v) is 11.9. The van der Waals surface area contributed by atoms with Crippen LogP contribution in [0.15, 0.2) is 60.0 Å². The van der Waals surface area contributed by atoms with Crippen LogP contribution in [0.3, 0.4) is 0 Å². The average Bonchev–Trinajstić information content (AvgIpc) is 2.83. The van der Waals surface area contributed by atoms with E-state index in [9.17, 15) is 0 Å². The summed E-state index contributed by atoms with van der Waals surface area (Å²) in [5, 5.41) is 4.64. The van der Waals surface area contributed by atoms with Crippen LogP contribution < -0.4 is 16.2 Å². The van der Waals surface area contributed by atoms with E-state index in [4.69, 9.17) is 21.0 Å². The summed E-state index contributed by atoms with van der Waals surface area (Å²) in [6.07, 6.45) is 5.61. The first kappa shape index (κ1) is 22.3. The molecule has 176 valence electrons. The predicted molar refractivity (Wildman–Crippen MR) is 134 cm³/mol. The molecule has 7 heteroatoms. The molecule has 0 unspecified atom stereocenters.